The lowest BCUT2D eigenvalue weighted by molar-refractivity contribution is 0.0954. The predicted octanol–water partition coefficient (Wildman–Crippen LogP) is 4.79. The molecule has 0 spiro atoms. The van der Waals surface area contributed by atoms with Gasteiger partial charge in [0, 0.05) is 11.6 Å². The van der Waals surface area contributed by atoms with Gasteiger partial charge in [0.2, 0.25) is 0 Å². The molecule has 0 aliphatic heterocycles. The van der Waals surface area contributed by atoms with Gasteiger partial charge in [-0.15, -0.1) is 11.3 Å². The summed E-state index contributed by atoms with van der Waals surface area (Å²) in [5.41, 5.74) is 1.84. The minimum absolute atomic E-state index is 0.132. The molecule has 8 heteroatoms. The quantitative estimate of drug-likeness (QED) is 0.476. The number of hydrogen-bond acceptors (Lipinski definition) is 6. The van der Waals surface area contributed by atoms with E-state index in [4.69, 9.17) is 16.0 Å². The molecule has 4 rings (SSSR count). The minimum atomic E-state index is -0.132. The normalized spacial score (nSPS) is 10.9. The van der Waals surface area contributed by atoms with Crippen LogP contribution in [0.2, 0.25) is 5.02 Å². The predicted molar refractivity (Wildman–Crippen MR) is 111 cm³/mol. The van der Waals surface area contributed by atoms with E-state index in [2.05, 4.69) is 20.6 Å². The zero-order valence-electron chi connectivity index (χ0n) is 15.0. The summed E-state index contributed by atoms with van der Waals surface area (Å²) >= 11 is 7.26. The Morgan fingerprint density at radius 1 is 1.18 bits per heavy atom. The molecule has 1 aromatic carbocycles. The van der Waals surface area contributed by atoms with Gasteiger partial charge < -0.3 is 15.1 Å². The summed E-state index contributed by atoms with van der Waals surface area (Å²) in [6.45, 7) is 2.85. The van der Waals surface area contributed by atoms with Crippen LogP contribution >= 0.6 is 22.9 Å². The van der Waals surface area contributed by atoms with E-state index in [0.29, 0.717) is 28.8 Å². The zero-order chi connectivity index (χ0) is 19.5. The van der Waals surface area contributed by atoms with Crippen molar-refractivity contribution in [2.24, 2.45) is 0 Å². The molecule has 28 heavy (non-hydrogen) atoms. The number of carbonyl (C=O) groups is 1. The van der Waals surface area contributed by atoms with Crippen LogP contribution in [0.4, 0.5) is 5.82 Å². The van der Waals surface area contributed by atoms with Crippen LogP contribution in [0.3, 0.4) is 0 Å². The molecule has 0 radical (unpaired) electrons. The van der Waals surface area contributed by atoms with Crippen molar-refractivity contribution >= 4 is 44.9 Å². The highest BCUT2D eigenvalue weighted by Gasteiger charge is 2.19. The first-order valence-corrected chi connectivity index (χ1v) is 9.84. The molecule has 0 saturated heterocycles. The summed E-state index contributed by atoms with van der Waals surface area (Å²) in [4.78, 5) is 22.8. The highest BCUT2D eigenvalue weighted by molar-refractivity contribution is 7.20. The number of carbonyl (C=O) groups excluding carboxylic acids is 1. The van der Waals surface area contributed by atoms with Crippen LogP contribution in [0, 0.1) is 6.92 Å². The largest absolute Gasteiger partial charge is 0.467 e. The van der Waals surface area contributed by atoms with Gasteiger partial charge in [0.25, 0.3) is 5.91 Å². The maximum Gasteiger partial charge on any atom is 0.261 e. The van der Waals surface area contributed by atoms with E-state index >= 15 is 0 Å². The van der Waals surface area contributed by atoms with Crippen molar-refractivity contribution < 1.29 is 9.21 Å². The number of aromatic nitrogens is 2. The van der Waals surface area contributed by atoms with Crippen molar-refractivity contribution in [3.8, 4) is 0 Å². The van der Waals surface area contributed by atoms with Gasteiger partial charge in [0.15, 0.2) is 0 Å². The van der Waals surface area contributed by atoms with E-state index in [0.717, 1.165) is 27.1 Å². The molecule has 0 unspecified atom stereocenters. The fraction of sp³-hybridized carbons (Fsp3) is 0.150. The molecule has 0 aliphatic rings. The van der Waals surface area contributed by atoms with Gasteiger partial charge >= 0.3 is 0 Å². The third-order valence-electron chi connectivity index (χ3n) is 4.31. The third-order valence-corrected chi connectivity index (χ3v) is 5.76. The van der Waals surface area contributed by atoms with E-state index in [9.17, 15) is 4.79 Å². The summed E-state index contributed by atoms with van der Waals surface area (Å²) in [5.74, 6) is 1.36. The summed E-state index contributed by atoms with van der Waals surface area (Å²) in [5, 5.41) is 7.75. The highest BCUT2D eigenvalue weighted by atomic mass is 35.5. The van der Waals surface area contributed by atoms with E-state index in [1.165, 1.54) is 17.7 Å². The number of fused-ring (bicyclic) bond motifs is 1. The van der Waals surface area contributed by atoms with Gasteiger partial charge in [-0.3, -0.25) is 4.79 Å². The van der Waals surface area contributed by atoms with Crippen LogP contribution in [-0.2, 0) is 13.1 Å². The van der Waals surface area contributed by atoms with Crippen LogP contribution in [-0.4, -0.2) is 15.9 Å². The topological polar surface area (TPSA) is 80.0 Å². The Bertz CT molecular complexity index is 1110. The fourth-order valence-corrected chi connectivity index (χ4v) is 4.06. The van der Waals surface area contributed by atoms with Crippen molar-refractivity contribution in [1.82, 2.24) is 15.3 Å². The second kappa shape index (κ2) is 8.00. The number of aryl methyl sites for hydroxylation is 1. The average molecular weight is 413 g/mol. The lowest BCUT2D eigenvalue weighted by Crippen LogP contribution is -2.22. The Morgan fingerprint density at radius 3 is 2.75 bits per heavy atom. The third kappa shape index (κ3) is 3.85. The number of thiophene rings is 1. The summed E-state index contributed by atoms with van der Waals surface area (Å²) in [7, 11) is 0. The molecule has 2 N–H and O–H groups in total. The fourth-order valence-electron chi connectivity index (χ4n) is 2.87. The first-order valence-electron chi connectivity index (χ1n) is 8.65. The summed E-state index contributed by atoms with van der Waals surface area (Å²) in [6, 6.07) is 11.1. The van der Waals surface area contributed by atoms with Gasteiger partial charge in [-0.25, -0.2) is 9.97 Å². The number of anilines is 1. The Morgan fingerprint density at radius 2 is 2.00 bits per heavy atom. The van der Waals surface area contributed by atoms with E-state index in [1.54, 1.807) is 18.4 Å². The molecule has 4 aromatic rings. The van der Waals surface area contributed by atoms with Gasteiger partial charge in [-0.1, -0.05) is 23.7 Å². The Kier molecular flexibility index (Phi) is 5.27. The van der Waals surface area contributed by atoms with Crippen LogP contribution in [0.15, 0.2) is 53.4 Å². The van der Waals surface area contributed by atoms with Crippen LogP contribution in [0.1, 0.15) is 26.6 Å². The molecular formula is C20H17ClN4O2S. The number of rotatable bonds is 6. The molecule has 3 heterocycles. The molecule has 0 aliphatic carbocycles. The molecule has 0 atom stereocenters. The van der Waals surface area contributed by atoms with Crippen LogP contribution in [0.25, 0.3) is 10.2 Å². The number of furan rings is 1. The molecule has 0 fully saturated rings. The Balaban J connectivity index is 1.54. The molecule has 1 amide bonds. The van der Waals surface area contributed by atoms with Crippen molar-refractivity contribution in [1.29, 1.82) is 0 Å². The molecular weight excluding hydrogens is 396 g/mol. The molecule has 3 aromatic heterocycles. The van der Waals surface area contributed by atoms with Gasteiger partial charge in [0.1, 0.15) is 22.7 Å². The number of amides is 1. The number of nitrogens with zero attached hydrogens (tertiary/aromatic N) is 2. The number of hydrogen-bond donors (Lipinski definition) is 2. The first-order chi connectivity index (χ1) is 13.6. The average Bonchev–Trinajstić information content (AvgIpc) is 3.34. The molecule has 6 nitrogen and oxygen atoms in total. The molecule has 0 saturated carbocycles. The van der Waals surface area contributed by atoms with E-state index < -0.39 is 0 Å². The molecule has 142 valence electrons. The van der Waals surface area contributed by atoms with Crippen molar-refractivity contribution in [3.05, 3.63) is 75.8 Å². The second-order valence-corrected chi connectivity index (χ2v) is 7.64. The van der Waals surface area contributed by atoms with Crippen molar-refractivity contribution in [2.45, 2.75) is 20.0 Å². The lowest BCUT2D eigenvalue weighted by Gasteiger charge is -2.06. The summed E-state index contributed by atoms with van der Waals surface area (Å²) < 4.78 is 5.35. The smallest absolute Gasteiger partial charge is 0.261 e. The van der Waals surface area contributed by atoms with Crippen LogP contribution in [0.5, 0.6) is 0 Å². The maximum atomic E-state index is 12.7. The Labute approximate surface area is 170 Å². The van der Waals surface area contributed by atoms with E-state index in [1.807, 2.05) is 31.2 Å². The minimum Gasteiger partial charge on any atom is -0.467 e. The maximum absolute atomic E-state index is 12.7. The van der Waals surface area contributed by atoms with Gasteiger partial charge in [-0.2, -0.15) is 0 Å². The SMILES string of the molecule is Cc1c(C(=O)NCc2ccc(Cl)cc2)sc2ncnc(NCc3ccco3)c12. The first kappa shape index (κ1) is 18.5. The summed E-state index contributed by atoms with van der Waals surface area (Å²) in [6.07, 6.45) is 3.13. The highest BCUT2D eigenvalue weighted by Crippen LogP contribution is 2.33. The number of nitrogens with one attached hydrogen (secondary N) is 2. The van der Waals surface area contributed by atoms with E-state index in [-0.39, 0.29) is 5.91 Å². The standard InChI is InChI=1S/C20H17ClN4O2S/c1-12-16-18(22-10-15-3-2-8-27-15)24-11-25-20(16)28-17(12)19(26)23-9-13-4-6-14(21)7-5-13/h2-8,11H,9-10H2,1H3,(H,23,26)(H,22,24,25). The second-order valence-electron chi connectivity index (χ2n) is 6.20. The lowest BCUT2D eigenvalue weighted by atomic mass is 10.2. The monoisotopic (exact) mass is 412 g/mol. The number of benzene rings is 1. The number of halogens is 1. The van der Waals surface area contributed by atoms with Crippen molar-refractivity contribution in [2.75, 3.05) is 5.32 Å². The van der Waals surface area contributed by atoms with Crippen LogP contribution < -0.4 is 10.6 Å². The van der Waals surface area contributed by atoms with Gasteiger partial charge in [0.05, 0.1) is 23.1 Å². The zero-order valence-corrected chi connectivity index (χ0v) is 16.6. The van der Waals surface area contributed by atoms with Gasteiger partial charge in [-0.05, 0) is 42.3 Å². The van der Waals surface area contributed by atoms with Crippen molar-refractivity contribution in [3.63, 3.8) is 0 Å². The Hall–Kier alpha value is -2.90. The molecule has 0 bridgehead atoms.